The maximum atomic E-state index is 13.9. The Morgan fingerprint density at radius 3 is 2.14 bits per heavy atom. The summed E-state index contributed by atoms with van der Waals surface area (Å²) in [6.45, 7) is 11.2. The van der Waals surface area contributed by atoms with Crippen LogP contribution < -0.4 is 5.32 Å². The van der Waals surface area contributed by atoms with E-state index in [4.69, 9.17) is 0 Å². The molecular formula is C31H38N2O2. The molecule has 0 saturated carbocycles. The Kier molecular flexibility index (Phi) is 9.25. The predicted octanol–water partition coefficient (Wildman–Crippen LogP) is 5.57. The molecule has 3 aromatic rings. The van der Waals surface area contributed by atoms with Crippen LogP contribution in [0, 0.1) is 26.7 Å². The Balaban J connectivity index is 1.97. The fraction of sp³-hybridized carbons (Fsp3) is 0.355. The number of nitrogens with one attached hydrogen (secondary N) is 1. The summed E-state index contributed by atoms with van der Waals surface area (Å²) >= 11 is 0. The second kappa shape index (κ2) is 12.3. The first-order valence-corrected chi connectivity index (χ1v) is 12.5. The molecule has 3 rings (SSSR count). The number of carbonyl (C=O) groups excluding carboxylic acids is 2. The van der Waals surface area contributed by atoms with Gasteiger partial charge in [0.1, 0.15) is 6.04 Å². The van der Waals surface area contributed by atoms with E-state index in [0.29, 0.717) is 25.4 Å². The van der Waals surface area contributed by atoms with E-state index < -0.39 is 6.04 Å². The average molecular weight is 471 g/mol. The molecule has 0 aromatic heterocycles. The number of amides is 2. The van der Waals surface area contributed by atoms with Gasteiger partial charge in [-0.05, 0) is 48.9 Å². The van der Waals surface area contributed by atoms with Crippen molar-refractivity contribution in [1.82, 2.24) is 10.2 Å². The number of carbonyl (C=O) groups is 2. The van der Waals surface area contributed by atoms with Crippen molar-refractivity contribution in [1.29, 1.82) is 0 Å². The van der Waals surface area contributed by atoms with Gasteiger partial charge in [0.05, 0.1) is 6.42 Å². The summed E-state index contributed by atoms with van der Waals surface area (Å²) in [4.78, 5) is 29.2. The van der Waals surface area contributed by atoms with Crippen LogP contribution in [0.25, 0.3) is 0 Å². The Labute approximate surface area is 210 Å². The Hall–Kier alpha value is -3.40. The Morgan fingerprint density at radius 1 is 0.829 bits per heavy atom. The van der Waals surface area contributed by atoms with Crippen molar-refractivity contribution in [2.45, 2.75) is 60.0 Å². The van der Waals surface area contributed by atoms with Gasteiger partial charge in [-0.15, -0.1) is 0 Å². The van der Waals surface area contributed by atoms with Gasteiger partial charge in [-0.1, -0.05) is 97.8 Å². The zero-order valence-electron chi connectivity index (χ0n) is 21.7. The van der Waals surface area contributed by atoms with E-state index in [1.165, 1.54) is 0 Å². The van der Waals surface area contributed by atoms with Crippen molar-refractivity contribution >= 4 is 11.8 Å². The van der Waals surface area contributed by atoms with E-state index in [1.807, 2.05) is 75.4 Å². The van der Waals surface area contributed by atoms with Crippen LogP contribution in [0.15, 0.2) is 72.8 Å². The van der Waals surface area contributed by atoms with Crippen LogP contribution in [-0.4, -0.2) is 29.3 Å². The molecule has 1 N–H and O–H groups in total. The molecule has 0 aliphatic heterocycles. The number of nitrogens with zero attached hydrogens (tertiary/aromatic N) is 1. The van der Waals surface area contributed by atoms with Gasteiger partial charge < -0.3 is 10.2 Å². The van der Waals surface area contributed by atoms with Crippen LogP contribution in [-0.2, 0) is 29.0 Å². The normalized spacial score (nSPS) is 11.8. The van der Waals surface area contributed by atoms with Crippen molar-refractivity contribution in [2.24, 2.45) is 5.92 Å². The minimum atomic E-state index is -0.602. The third-order valence-corrected chi connectivity index (χ3v) is 6.28. The zero-order valence-corrected chi connectivity index (χ0v) is 21.7. The molecule has 0 spiro atoms. The van der Waals surface area contributed by atoms with E-state index in [1.54, 1.807) is 4.90 Å². The Morgan fingerprint density at radius 2 is 1.49 bits per heavy atom. The van der Waals surface area contributed by atoms with Gasteiger partial charge in [-0.25, -0.2) is 0 Å². The summed E-state index contributed by atoms with van der Waals surface area (Å²) < 4.78 is 0. The molecule has 3 aromatic carbocycles. The third-order valence-electron chi connectivity index (χ3n) is 6.28. The lowest BCUT2D eigenvalue weighted by Gasteiger charge is -2.32. The van der Waals surface area contributed by atoms with E-state index in [9.17, 15) is 9.59 Å². The highest BCUT2D eigenvalue weighted by Crippen LogP contribution is 2.19. The highest BCUT2D eigenvalue weighted by Gasteiger charge is 2.30. The van der Waals surface area contributed by atoms with Crippen LogP contribution in [0.4, 0.5) is 0 Å². The van der Waals surface area contributed by atoms with Crippen LogP contribution >= 0.6 is 0 Å². The molecule has 0 aliphatic carbocycles. The fourth-order valence-corrected chi connectivity index (χ4v) is 4.12. The summed E-state index contributed by atoms with van der Waals surface area (Å²) in [5.74, 6) is 0.177. The first kappa shape index (κ1) is 26.2. The second-order valence-corrected chi connectivity index (χ2v) is 9.96. The lowest BCUT2D eigenvalue weighted by atomic mass is 9.99. The van der Waals surface area contributed by atoms with Crippen molar-refractivity contribution in [3.05, 3.63) is 106 Å². The standard InChI is InChI=1S/C31H38N2O2/c1-22(2)20-32-31(35)29(18-26-9-7-6-8-10-26)33(21-27-15-12-23(3)13-16-27)30(34)19-28-17-24(4)11-14-25(28)5/h6-17,22,29H,18-21H2,1-5H3,(H,32,35). The Bertz CT molecular complexity index is 1120. The maximum Gasteiger partial charge on any atom is 0.243 e. The first-order chi connectivity index (χ1) is 16.7. The van der Waals surface area contributed by atoms with Crippen LogP contribution in [0.2, 0.25) is 0 Å². The van der Waals surface area contributed by atoms with E-state index in [0.717, 1.165) is 33.4 Å². The number of hydrogen-bond donors (Lipinski definition) is 1. The minimum absolute atomic E-state index is 0.0418. The van der Waals surface area contributed by atoms with E-state index in [-0.39, 0.29) is 18.2 Å². The van der Waals surface area contributed by atoms with Crippen molar-refractivity contribution in [2.75, 3.05) is 6.54 Å². The SMILES string of the molecule is Cc1ccc(CN(C(=O)Cc2cc(C)ccc2C)C(Cc2ccccc2)C(=O)NCC(C)C)cc1. The van der Waals surface area contributed by atoms with E-state index >= 15 is 0 Å². The highest BCUT2D eigenvalue weighted by molar-refractivity contribution is 5.89. The van der Waals surface area contributed by atoms with Gasteiger partial charge in [-0.3, -0.25) is 9.59 Å². The van der Waals surface area contributed by atoms with Crippen LogP contribution in [0.3, 0.4) is 0 Å². The van der Waals surface area contributed by atoms with Gasteiger partial charge in [0, 0.05) is 19.5 Å². The molecule has 0 radical (unpaired) electrons. The number of rotatable bonds is 10. The maximum absolute atomic E-state index is 13.9. The van der Waals surface area contributed by atoms with Crippen molar-refractivity contribution < 1.29 is 9.59 Å². The number of benzene rings is 3. The molecule has 0 bridgehead atoms. The monoisotopic (exact) mass is 470 g/mol. The molecular weight excluding hydrogens is 432 g/mol. The summed E-state index contributed by atoms with van der Waals surface area (Å²) in [5, 5.41) is 3.08. The molecule has 1 atom stereocenters. The quantitative estimate of drug-likeness (QED) is 0.421. The highest BCUT2D eigenvalue weighted by atomic mass is 16.2. The van der Waals surface area contributed by atoms with Gasteiger partial charge in [0.15, 0.2) is 0 Å². The molecule has 0 heterocycles. The van der Waals surface area contributed by atoms with Crippen molar-refractivity contribution in [3.8, 4) is 0 Å². The summed E-state index contributed by atoms with van der Waals surface area (Å²) in [6, 6.07) is 23.7. The van der Waals surface area contributed by atoms with Gasteiger partial charge >= 0.3 is 0 Å². The smallest absolute Gasteiger partial charge is 0.243 e. The zero-order chi connectivity index (χ0) is 25.4. The molecule has 0 aliphatic rings. The third kappa shape index (κ3) is 7.81. The van der Waals surface area contributed by atoms with Gasteiger partial charge in [0.25, 0.3) is 0 Å². The summed E-state index contributed by atoms with van der Waals surface area (Å²) in [6.07, 6.45) is 0.733. The van der Waals surface area contributed by atoms with Gasteiger partial charge in [-0.2, -0.15) is 0 Å². The van der Waals surface area contributed by atoms with Crippen LogP contribution in [0.1, 0.15) is 47.2 Å². The number of aryl methyl sites for hydroxylation is 3. The lowest BCUT2D eigenvalue weighted by molar-refractivity contribution is -0.140. The molecule has 4 heteroatoms. The minimum Gasteiger partial charge on any atom is -0.354 e. The molecule has 184 valence electrons. The van der Waals surface area contributed by atoms with Crippen molar-refractivity contribution in [3.63, 3.8) is 0 Å². The van der Waals surface area contributed by atoms with Crippen LogP contribution in [0.5, 0.6) is 0 Å². The summed E-state index contributed by atoms with van der Waals surface area (Å²) in [7, 11) is 0. The second-order valence-electron chi connectivity index (χ2n) is 9.96. The molecule has 0 fully saturated rings. The molecule has 2 amide bonds. The fourth-order valence-electron chi connectivity index (χ4n) is 4.12. The molecule has 4 nitrogen and oxygen atoms in total. The van der Waals surface area contributed by atoms with E-state index in [2.05, 4.69) is 37.4 Å². The largest absolute Gasteiger partial charge is 0.354 e. The molecule has 0 saturated heterocycles. The summed E-state index contributed by atoms with van der Waals surface area (Å²) in [5.41, 5.74) is 6.43. The predicted molar refractivity (Wildman–Crippen MR) is 143 cm³/mol. The molecule has 35 heavy (non-hydrogen) atoms. The topological polar surface area (TPSA) is 49.4 Å². The first-order valence-electron chi connectivity index (χ1n) is 12.5. The van der Waals surface area contributed by atoms with Gasteiger partial charge in [0.2, 0.25) is 11.8 Å². The number of hydrogen-bond acceptors (Lipinski definition) is 2. The lowest BCUT2D eigenvalue weighted by Crippen LogP contribution is -2.51. The average Bonchev–Trinajstić information content (AvgIpc) is 2.83. The molecule has 1 unspecified atom stereocenters.